The van der Waals surface area contributed by atoms with Gasteiger partial charge in [-0.15, -0.1) is 0 Å². The van der Waals surface area contributed by atoms with Crippen molar-refractivity contribution >= 4 is 11.4 Å². The van der Waals surface area contributed by atoms with E-state index in [1.54, 1.807) is 12.3 Å². The van der Waals surface area contributed by atoms with Crippen LogP contribution in [0.5, 0.6) is 5.88 Å². The first kappa shape index (κ1) is 16.4. The molecule has 5 nitrogen and oxygen atoms in total. The molecule has 4 rings (SSSR count). The molecule has 3 aromatic rings. The first-order chi connectivity index (χ1) is 12.4. The minimum absolute atomic E-state index is 0.175. The number of ether oxygens (including phenoxy) is 1. The van der Waals surface area contributed by atoms with E-state index < -0.39 is 23.7 Å². The molecule has 0 bridgehead atoms. The second-order valence-corrected chi connectivity index (χ2v) is 6.07. The van der Waals surface area contributed by atoms with Crippen molar-refractivity contribution in [2.45, 2.75) is 12.3 Å². The molecular weight excluding hydrogens is 347 g/mol. The lowest BCUT2D eigenvalue weighted by atomic mass is 10.1. The van der Waals surface area contributed by atoms with Gasteiger partial charge >= 0.3 is 6.18 Å². The molecule has 1 aliphatic rings. The third-order valence-electron chi connectivity index (χ3n) is 4.24. The van der Waals surface area contributed by atoms with Crippen LogP contribution < -0.4 is 4.74 Å². The zero-order valence-electron chi connectivity index (χ0n) is 13.5. The van der Waals surface area contributed by atoms with Crippen molar-refractivity contribution in [1.82, 2.24) is 14.3 Å². The molecule has 8 heteroatoms. The minimum atomic E-state index is -4.53. The smallest absolute Gasteiger partial charge is 0.421 e. The Morgan fingerprint density at radius 3 is 2.73 bits per heavy atom. The molecular formula is C18H14F3N3O2. The summed E-state index contributed by atoms with van der Waals surface area (Å²) < 4.78 is 46.1. The first-order valence-electron chi connectivity index (χ1n) is 7.97. The SMILES string of the molecule is O=C(c1cc2ccccn2c1)N1CC(Oc2ncccc2C(F)(F)F)C1. The molecule has 0 aliphatic carbocycles. The standard InChI is InChI=1S/C18H14F3N3O2/c19-18(20,21)15-5-3-6-22-16(15)26-14-10-24(11-14)17(25)12-8-13-4-1-2-7-23(13)9-12/h1-9,14H,10-11H2. The zero-order valence-corrected chi connectivity index (χ0v) is 13.5. The van der Waals surface area contributed by atoms with Gasteiger partial charge in [0.2, 0.25) is 5.88 Å². The van der Waals surface area contributed by atoms with Crippen LogP contribution >= 0.6 is 0 Å². The number of halogens is 3. The third kappa shape index (κ3) is 2.98. The molecule has 0 aromatic carbocycles. The highest BCUT2D eigenvalue weighted by atomic mass is 19.4. The van der Waals surface area contributed by atoms with Gasteiger partial charge in [0, 0.05) is 24.1 Å². The third-order valence-corrected chi connectivity index (χ3v) is 4.24. The first-order valence-corrected chi connectivity index (χ1v) is 7.97. The molecule has 0 saturated carbocycles. The largest absolute Gasteiger partial charge is 0.470 e. The molecule has 0 unspecified atom stereocenters. The van der Waals surface area contributed by atoms with Gasteiger partial charge in [-0.2, -0.15) is 13.2 Å². The number of amides is 1. The molecule has 26 heavy (non-hydrogen) atoms. The van der Waals surface area contributed by atoms with Gasteiger partial charge in [-0.05, 0) is 30.3 Å². The molecule has 0 N–H and O–H groups in total. The number of rotatable bonds is 3. The molecule has 3 aromatic heterocycles. The monoisotopic (exact) mass is 361 g/mol. The van der Waals surface area contributed by atoms with Crippen LogP contribution in [0, 0.1) is 0 Å². The van der Waals surface area contributed by atoms with Gasteiger partial charge in [-0.3, -0.25) is 4.79 Å². The Labute approximate surface area is 146 Å². The number of carbonyl (C=O) groups excluding carboxylic acids is 1. The Bertz CT molecular complexity index is 928. The predicted octanol–water partition coefficient (Wildman–Crippen LogP) is 3.26. The maximum Gasteiger partial charge on any atom is 0.421 e. The fourth-order valence-electron chi connectivity index (χ4n) is 2.89. The van der Waals surface area contributed by atoms with E-state index in [0.717, 1.165) is 11.6 Å². The molecule has 1 aliphatic heterocycles. The van der Waals surface area contributed by atoms with Gasteiger partial charge in [-0.25, -0.2) is 4.98 Å². The van der Waals surface area contributed by atoms with Crippen molar-refractivity contribution in [1.29, 1.82) is 0 Å². The fourth-order valence-corrected chi connectivity index (χ4v) is 2.89. The summed E-state index contributed by atoms with van der Waals surface area (Å²) in [4.78, 5) is 17.7. The number of carbonyl (C=O) groups is 1. The van der Waals surface area contributed by atoms with E-state index in [1.165, 1.54) is 17.2 Å². The van der Waals surface area contributed by atoms with Gasteiger partial charge in [0.1, 0.15) is 11.7 Å². The quantitative estimate of drug-likeness (QED) is 0.719. The lowest BCUT2D eigenvalue weighted by Gasteiger charge is -2.38. The van der Waals surface area contributed by atoms with E-state index in [0.29, 0.717) is 5.56 Å². The van der Waals surface area contributed by atoms with Crippen LogP contribution in [0.2, 0.25) is 0 Å². The summed E-state index contributed by atoms with van der Waals surface area (Å²) in [5, 5.41) is 0. The number of aromatic nitrogens is 2. The average Bonchev–Trinajstić information content (AvgIpc) is 3.01. The van der Waals surface area contributed by atoms with E-state index >= 15 is 0 Å². The molecule has 4 heterocycles. The summed E-state index contributed by atoms with van der Waals surface area (Å²) in [6, 6.07) is 9.54. The van der Waals surface area contributed by atoms with Crippen LogP contribution in [0.15, 0.2) is 55.0 Å². The summed E-state index contributed by atoms with van der Waals surface area (Å²) in [5.74, 6) is -0.627. The second-order valence-electron chi connectivity index (χ2n) is 6.07. The van der Waals surface area contributed by atoms with Crippen molar-refractivity contribution in [3.63, 3.8) is 0 Å². The fraction of sp³-hybridized carbons (Fsp3) is 0.222. The van der Waals surface area contributed by atoms with Gasteiger partial charge in [-0.1, -0.05) is 6.07 Å². The van der Waals surface area contributed by atoms with Crippen LogP contribution in [0.25, 0.3) is 5.52 Å². The maximum atomic E-state index is 13.0. The highest BCUT2D eigenvalue weighted by Gasteiger charge is 2.38. The van der Waals surface area contributed by atoms with E-state index in [1.807, 2.05) is 28.8 Å². The van der Waals surface area contributed by atoms with Gasteiger partial charge in [0.15, 0.2) is 0 Å². The molecule has 1 amide bonds. The average molecular weight is 361 g/mol. The van der Waals surface area contributed by atoms with Gasteiger partial charge in [0.25, 0.3) is 5.91 Å². The summed E-state index contributed by atoms with van der Waals surface area (Å²) in [6.07, 6.45) is -0.221. The van der Waals surface area contributed by atoms with Gasteiger partial charge in [0.05, 0.1) is 18.7 Å². The maximum absolute atomic E-state index is 13.0. The summed E-state index contributed by atoms with van der Waals surface area (Å²) in [7, 11) is 0. The molecule has 0 atom stereocenters. The number of fused-ring (bicyclic) bond motifs is 1. The van der Waals surface area contributed by atoms with Crippen LogP contribution in [0.1, 0.15) is 15.9 Å². The van der Waals surface area contributed by atoms with E-state index in [9.17, 15) is 18.0 Å². The minimum Gasteiger partial charge on any atom is -0.470 e. The van der Waals surface area contributed by atoms with Crippen molar-refractivity contribution in [2.24, 2.45) is 0 Å². The molecule has 1 saturated heterocycles. The number of likely N-dealkylation sites (tertiary alicyclic amines) is 1. The van der Waals surface area contributed by atoms with Crippen LogP contribution in [0.4, 0.5) is 13.2 Å². The van der Waals surface area contributed by atoms with Crippen molar-refractivity contribution in [2.75, 3.05) is 13.1 Å². The Morgan fingerprint density at radius 2 is 2.00 bits per heavy atom. The lowest BCUT2D eigenvalue weighted by molar-refractivity contribution is -0.140. The second kappa shape index (κ2) is 6.05. The number of alkyl halides is 3. The zero-order chi connectivity index (χ0) is 18.3. The van der Waals surface area contributed by atoms with E-state index in [4.69, 9.17) is 4.74 Å². The van der Waals surface area contributed by atoms with E-state index in [2.05, 4.69) is 4.98 Å². The molecule has 0 radical (unpaired) electrons. The molecule has 0 spiro atoms. The summed E-state index contributed by atoms with van der Waals surface area (Å²) >= 11 is 0. The van der Waals surface area contributed by atoms with E-state index in [-0.39, 0.29) is 19.0 Å². The Morgan fingerprint density at radius 1 is 1.19 bits per heavy atom. The predicted molar refractivity (Wildman–Crippen MR) is 87.0 cm³/mol. The van der Waals surface area contributed by atoms with Crippen molar-refractivity contribution in [3.8, 4) is 5.88 Å². The normalized spacial score (nSPS) is 15.1. The number of nitrogens with zero attached hydrogens (tertiary/aromatic N) is 3. The summed E-state index contributed by atoms with van der Waals surface area (Å²) in [6.45, 7) is 0.442. The Balaban J connectivity index is 1.42. The van der Waals surface area contributed by atoms with Gasteiger partial charge < -0.3 is 14.0 Å². The number of hydrogen-bond donors (Lipinski definition) is 0. The summed E-state index contributed by atoms with van der Waals surface area (Å²) in [5.41, 5.74) is 0.513. The van der Waals surface area contributed by atoms with Crippen LogP contribution in [0.3, 0.4) is 0 Å². The number of hydrogen-bond acceptors (Lipinski definition) is 3. The topological polar surface area (TPSA) is 46.8 Å². The molecule has 1 fully saturated rings. The Hall–Kier alpha value is -3.03. The Kier molecular flexibility index (Phi) is 3.82. The van der Waals surface area contributed by atoms with Crippen molar-refractivity contribution < 1.29 is 22.7 Å². The highest BCUT2D eigenvalue weighted by molar-refractivity contribution is 5.96. The van der Waals surface area contributed by atoms with Crippen molar-refractivity contribution in [3.05, 3.63) is 66.1 Å². The lowest BCUT2D eigenvalue weighted by Crippen LogP contribution is -2.56. The number of pyridine rings is 2. The van der Waals surface area contributed by atoms with Crippen LogP contribution in [-0.2, 0) is 6.18 Å². The highest BCUT2D eigenvalue weighted by Crippen LogP contribution is 2.35. The van der Waals surface area contributed by atoms with Crippen LogP contribution in [-0.4, -0.2) is 39.4 Å². The molecule has 134 valence electrons.